The lowest BCUT2D eigenvalue weighted by atomic mass is 9.98. The average Bonchev–Trinajstić information content (AvgIpc) is 3.25. The number of nitrogens with zero attached hydrogens (tertiary/aromatic N) is 4. The lowest BCUT2D eigenvalue weighted by molar-refractivity contribution is -0.137. The van der Waals surface area contributed by atoms with Gasteiger partial charge in [-0.3, -0.25) is 19.0 Å². The monoisotopic (exact) mass is 494 g/mol. The smallest absolute Gasteiger partial charge is 0.359 e. The Morgan fingerprint density at radius 2 is 1.97 bits per heavy atom. The Labute approximate surface area is 195 Å². The number of rotatable bonds is 5. The van der Waals surface area contributed by atoms with Gasteiger partial charge in [0.05, 0.1) is 11.5 Å². The van der Waals surface area contributed by atoms with Crippen LogP contribution < -0.4 is 21.1 Å². The summed E-state index contributed by atoms with van der Waals surface area (Å²) in [5.41, 5.74) is -0.841. The lowest BCUT2D eigenvalue weighted by Crippen LogP contribution is -2.42. The highest BCUT2D eigenvalue weighted by Gasteiger charge is 2.30. The van der Waals surface area contributed by atoms with Gasteiger partial charge in [-0.05, 0) is 37.1 Å². The van der Waals surface area contributed by atoms with E-state index < -0.39 is 23.2 Å². The van der Waals surface area contributed by atoms with Gasteiger partial charge in [0.15, 0.2) is 10.8 Å². The molecule has 1 atom stereocenters. The molecule has 0 unspecified atom stereocenters. The van der Waals surface area contributed by atoms with E-state index in [0.29, 0.717) is 18.2 Å². The number of nitrogens with one attached hydrogen (secondary N) is 2. The van der Waals surface area contributed by atoms with Gasteiger partial charge < -0.3 is 15.5 Å². The first-order valence-electron chi connectivity index (χ1n) is 10.5. The van der Waals surface area contributed by atoms with Crippen molar-refractivity contribution in [2.75, 3.05) is 30.4 Å². The Bertz CT molecular complexity index is 1270. The van der Waals surface area contributed by atoms with E-state index in [1.807, 2.05) is 4.90 Å². The third-order valence-electron chi connectivity index (χ3n) is 5.49. The average molecular weight is 494 g/mol. The van der Waals surface area contributed by atoms with Gasteiger partial charge in [-0.1, -0.05) is 11.3 Å². The van der Waals surface area contributed by atoms with Crippen molar-refractivity contribution in [3.8, 4) is 0 Å². The number of halogens is 3. The minimum Gasteiger partial charge on any atom is -0.359 e. The molecule has 0 saturated carbocycles. The van der Waals surface area contributed by atoms with Crippen LogP contribution >= 0.6 is 11.3 Å². The summed E-state index contributed by atoms with van der Waals surface area (Å²) in [6.07, 6.45) is -1.66. The molecule has 2 N–H and O–H groups in total. The summed E-state index contributed by atoms with van der Waals surface area (Å²) < 4.78 is 39.4. The normalized spacial score (nSPS) is 16.5. The molecule has 4 rings (SSSR count). The number of fused-ring (bicyclic) bond motifs is 1. The van der Waals surface area contributed by atoms with Crippen molar-refractivity contribution in [3.05, 3.63) is 46.5 Å². The number of alkyl halides is 3. The molecule has 180 valence electrons. The van der Waals surface area contributed by atoms with Crippen molar-refractivity contribution in [3.63, 3.8) is 0 Å². The molecule has 9 nitrogen and oxygen atoms in total. The predicted octanol–water partition coefficient (Wildman–Crippen LogP) is 2.47. The van der Waals surface area contributed by atoms with Crippen LogP contribution in [0, 0.1) is 5.92 Å². The van der Waals surface area contributed by atoms with E-state index in [1.54, 1.807) is 7.05 Å². The zero-order valence-electron chi connectivity index (χ0n) is 18.1. The van der Waals surface area contributed by atoms with E-state index >= 15 is 0 Å². The van der Waals surface area contributed by atoms with Crippen LogP contribution in [0.3, 0.4) is 0 Å². The third-order valence-corrected chi connectivity index (χ3v) is 6.58. The highest BCUT2D eigenvalue weighted by molar-refractivity contribution is 7.22. The molecule has 0 bridgehead atoms. The standard InChI is InChI=1S/C21H21F3N6O3S/c1-25-18(32)12-3-2-8-29(9-12)20-28-17-16(34-20)19(33)30(11-26-17)10-15(31)27-14-6-4-13(5-7-14)21(22,23)24/h4-7,11-12H,2-3,8-10H2,1H3,(H,25,32)(H,27,31)/t12-/m1/s1. The van der Waals surface area contributed by atoms with E-state index in [-0.39, 0.29) is 34.4 Å². The fourth-order valence-electron chi connectivity index (χ4n) is 3.75. The van der Waals surface area contributed by atoms with Crippen LogP contribution in [-0.2, 0) is 22.3 Å². The maximum Gasteiger partial charge on any atom is 0.416 e. The second kappa shape index (κ2) is 9.41. The van der Waals surface area contributed by atoms with Gasteiger partial charge in [0.1, 0.15) is 17.6 Å². The molecule has 34 heavy (non-hydrogen) atoms. The molecule has 1 aliphatic heterocycles. The number of carbonyl (C=O) groups is 2. The lowest BCUT2D eigenvalue weighted by Gasteiger charge is -2.31. The van der Waals surface area contributed by atoms with Crippen LogP contribution in [0.1, 0.15) is 18.4 Å². The maximum absolute atomic E-state index is 12.9. The van der Waals surface area contributed by atoms with Gasteiger partial charge in [0, 0.05) is 25.8 Å². The number of aromatic nitrogens is 3. The van der Waals surface area contributed by atoms with Crippen LogP contribution in [-0.4, -0.2) is 46.5 Å². The molecule has 3 aromatic rings. The zero-order valence-corrected chi connectivity index (χ0v) is 18.9. The first-order chi connectivity index (χ1) is 16.2. The van der Waals surface area contributed by atoms with E-state index in [4.69, 9.17) is 0 Å². The molecule has 1 aromatic carbocycles. The van der Waals surface area contributed by atoms with Crippen molar-refractivity contribution in [1.82, 2.24) is 19.9 Å². The van der Waals surface area contributed by atoms with Gasteiger partial charge in [0.25, 0.3) is 5.56 Å². The van der Waals surface area contributed by atoms with E-state index in [2.05, 4.69) is 20.6 Å². The summed E-state index contributed by atoms with van der Waals surface area (Å²) in [5.74, 6) is -0.785. The molecule has 0 radical (unpaired) electrons. The van der Waals surface area contributed by atoms with Gasteiger partial charge in [-0.15, -0.1) is 0 Å². The molecule has 2 aromatic heterocycles. The molecular formula is C21H21F3N6O3S. The van der Waals surface area contributed by atoms with Crippen molar-refractivity contribution in [2.45, 2.75) is 25.6 Å². The van der Waals surface area contributed by atoms with Gasteiger partial charge in [0.2, 0.25) is 11.8 Å². The Kier molecular flexibility index (Phi) is 6.55. The molecule has 0 aliphatic carbocycles. The topological polar surface area (TPSA) is 109 Å². The second-order valence-corrected chi connectivity index (χ2v) is 8.83. The highest BCUT2D eigenvalue weighted by Crippen LogP contribution is 2.30. The number of anilines is 2. The van der Waals surface area contributed by atoms with Gasteiger partial charge in [-0.25, -0.2) is 4.98 Å². The van der Waals surface area contributed by atoms with Crippen LogP contribution in [0.2, 0.25) is 0 Å². The quantitative estimate of drug-likeness (QED) is 0.564. The summed E-state index contributed by atoms with van der Waals surface area (Å²) >= 11 is 1.15. The summed E-state index contributed by atoms with van der Waals surface area (Å²) in [6.45, 7) is 0.832. The Balaban J connectivity index is 1.48. The van der Waals surface area contributed by atoms with Gasteiger partial charge >= 0.3 is 6.18 Å². The number of piperidine rings is 1. The van der Waals surface area contributed by atoms with E-state index in [0.717, 1.165) is 53.0 Å². The Morgan fingerprint density at radius 3 is 2.65 bits per heavy atom. The number of amides is 2. The van der Waals surface area contributed by atoms with Gasteiger partial charge in [-0.2, -0.15) is 18.2 Å². The number of thiazole rings is 1. The summed E-state index contributed by atoms with van der Waals surface area (Å²) in [5, 5.41) is 5.71. The third kappa shape index (κ3) is 5.03. The molecule has 1 fully saturated rings. The van der Waals surface area contributed by atoms with Crippen molar-refractivity contribution >= 4 is 44.3 Å². The molecule has 2 amide bonds. The van der Waals surface area contributed by atoms with Crippen molar-refractivity contribution in [1.29, 1.82) is 0 Å². The molecule has 0 spiro atoms. The molecule has 13 heteroatoms. The Morgan fingerprint density at radius 1 is 1.24 bits per heavy atom. The molecule has 1 saturated heterocycles. The minimum absolute atomic E-state index is 0.0367. The highest BCUT2D eigenvalue weighted by atomic mass is 32.1. The predicted molar refractivity (Wildman–Crippen MR) is 121 cm³/mol. The first kappa shape index (κ1) is 23.7. The van der Waals surface area contributed by atoms with Crippen LogP contribution in [0.15, 0.2) is 35.4 Å². The number of hydrogen-bond acceptors (Lipinski definition) is 7. The number of benzene rings is 1. The fourth-order valence-corrected chi connectivity index (χ4v) is 4.75. The van der Waals surface area contributed by atoms with Crippen LogP contribution in [0.25, 0.3) is 10.3 Å². The summed E-state index contributed by atoms with van der Waals surface area (Å²) in [7, 11) is 1.60. The molecule has 1 aliphatic rings. The number of hydrogen-bond donors (Lipinski definition) is 2. The SMILES string of the molecule is CNC(=O)[C@@H]1CCCN(c2nc3ncn(CC(=O)Nc4ccc(C(F)(F)F)cc4)c(=O)c3s2)C1. The number of carbonyl (C=O) groups excluding carboxylic acids is 2. The van der Waals surface area contributed by atoms with Crippen LogP contribution in [0.4, 0.5) is 24.0 Å². The Hall–Kier alpha value is -3.48. The van der Waals surface area contributed by atoms with Crippen molar-refractivity contribution < 1.29 is 22.8 Å². The second-order valence-electron chi connectivity index (χ2n) is 7.85. The largest absolute Gasteiger partial charge is 0.416 e. The molecular weight excluding hydrogens is 473 g/mol. The van der Waals surface area contributed by atoms with E-state index in [9.17, 15) is 27.6 Å². The summed E-state index contributed by atoms with van der Waals surface area (Å²) in [4.78, 5) is 47.8. The molecule has 3 heterocycles. The maximum atomic E-state index is 12.9. The van der Waals surface area contributed by atoms with Crippen molar-refractivity contribution in [2.24, 2.45) is 5.92 Å². The van der Waals surface area contributed by atoms with E-state index in [1.165, 1.54) is 6.33 Å². The first-order valence-corrected chi connectivity index (χ1v) is 11.3. The fraction of sp³-hybridized carbons (Fsp3) is 0.381. The van der Waals surface area contributed by atoms with Crippen LogP contribution in [0.5, 0.6) is 0 Å². The summed E-state index contributed by atoms with van der Waals surface area (Å²) in [6, 6.07) is 4.02. The zero-order chi connectivity index (χ0) is 24.5. The minimum atomic E-state index is -4.47.